The van der Waals surface area contributed by atoms with Crippen molar-refractivity contribution in [2.75, 3.05) is 24.7 Å². The highest BCUT2D eigenvalue weighted by Gasteiger charge is 2.48. The molecule has 1 N–H and O–H groups in total. The number of ketones is 1. The number of nitrogens with zero attached hydrogens (tertiary/aromatic N) is 2. The van der Waals surface area contributed by atoms with Gasteiger partial charge in [-0.05, 0) is 55.8 Å². The third kappa shape index (κ3) is 4.83. The topological polar surface area (TPSA) is 98.2 Å². The fourth-order valence-corrected chi connectivity index (χ4v) is 4.61. The smallest absolute Gasteiger partial charge is 0.301 e. The highest BCUT2D eigenvalue weighted by molar-refractivity contribution is 7.14. The predicted molar refractivity (Wildman–Crippen MR) is 138 cm³/mol. The van der Waals surface area contributed by atoms with Crippen LogP contribution in [-0.2, 0) is 9.59 Å². The molecule has 0 saturated carbocycles. The summed E-state index contributed by atoms with van der Waals surface area (Å²) in [5, 5.41) is 13.3. The molecule has 0 spiro atoms. The lowest BCUT2D eigenvalue weighted by atomic mass is 9.95. The average Bonchev–Trinajstić information content (AvgIpc) is 3.50. The quantitative estimate of drug-likeness (QED) is 0.176. The number of amides is 1. The molecule has 1 fully saturated rings. The molecule has 0 bridgehead atoms. The van der Waals surface area contributed by atoms with Gasteiger partial charge in [-0.15, -0.1) is 11.3 Å². The summed E-state index contributed by atoms with van der Waals surface area (Å²) in [5.41, 5.74) is 0.907. The summed E-state index contributed by atoms with van der Waals surface area (Å²) in [4.78, 5) is 32.0. The monoisotopic (exact) mass is 506 g/mol. The molecule has 36 heavy (non-hydrogen) atoms. The highest BCUT2D eigenvalue weighted by atomic mass is 32.1. The summed E-state index contributed by atoms with van der Waals surface area (Å²) >= 11 is 1.22. The van der Waals surface area contributed by atoms with Crippen molar-refractivity contribution >= 4 is 33.9 Å². The van der Waals surface area contributed by atoms with E-state index in [0.717, 1.165) is 0 Å². The first-order valence-corrected chi connectivity index (χ1v) is 12.3. The molecule has 4 rings (SSSR count). The third-order valence-electron chi connectivity index (χ3n) is 5.45. The lowest BCUT2D eigenvalue weighted by Crippen LogP contribution is -2.29. The molecule has 8 nitrogen and oxygen atoms in total. The van der Waals surface area contributed by atoms with E-state index in [0.29, 0.717) is 46.7 Å². The van der Waals surface area contributed by atoms with E-state index in [9.17, 15) is 14.7 Å². The number of Topliss-reactive ketones (excluding diaryl/α,β-unsaturated/α-hetero) is 1. The average molecular weight is 507 g/mol. The van der Waals surface area contributed by atoms with Crippen LogP contribution in [0.25, 0.3) is 5.76 Å². The van der Waals surface area contributed by atoms with Gasteiger partial charge >= 0.3 is 5.91 Å². The van der Waals surface area contributed by atoms with Crippen LogP contribution < -0.4 is 19.1 Å². The number of benzene rings is 2. The van der Waals surface area contributed by atoms with E-state index in [1.165, 1.54) is 16.2 Å². The molecule has 0 aliphatic carbocycles. The summed E-state index contributed by atoms with van der Waals surface area (Å²) in [7, 11) is 0. The number of aliphatic hydroxyl groups is 1. The van der Waals surface area contributed by atoms with Crippen molar-refractivity contribution in [2.24, 2.45) is 0 Å². The summed E-state index contributed by atoms with van der Waals surface area (Å²) in [6, 6.07) is 10.9. The van der Waals surface area contributed by atoms with E-state index in [2.05, 4.69) is 11.6 Å². The van der Waals surface area contributed by atoms with Crippen LogP contribution >= 0.6 is 11.3 Å². The van der Waals surface area contributed by atoms with Gasteiger partial charge in [0.2, 0.25) is 0 Å². The molecule has 186 valence electrons. The van der Waals surface area contributed by atoms with E-state index in [-0.39, 0.29) is 17.9 Å². The van der Waals surface area contributed by atoms with E-state index < -0.39 is 17.7 Å². The van der Waals surface area contributed by atoms with Crippen LogP contribution in [0.1, 0.15) is 31.0 Å². The van der Waals surface area contributed by atoms with Crippen molar-refractivity contribution in [3.63, 3.8) is 0 Å². The van der Waals surface area contributed by atoms with Gasteiger partial charge in [-0.1, -0.05) is 18.7 Å². The maximum atomic E-state index is 13.3. The highest BCUT2D eigenvalue weighted by Crippen LogP contribution is 2.44. The second-order valence-electron chi connectivity index (χ2n) is 7.68. The fraction of sp³-hybridized carbons (Fsp3) is 0.222. The lowest BCUT2D eigenvalue weighted by molar-refractivity contribution is -0.132. The van der Waals surface area contributed by atoms with Crippen LogP contribution in [-0.4, -0.2) is 41.6 Å². The Bertz CT molecular complexity index is 1280. The summed E-state index contributed by atoms with van der Waals surface area (Å²) in [6.45, 7) is 8.55. The number of ether oxygens (including phenoxy) is 3. The van der Waals surface area contributed by atoms with Gasteiger partial charge in [0.05, 0.1) is 24.8 Å². The van der Waals surface area contributed by atoms with E-state index in [4.69, 9.17) is 14.2 Å². The first-order valence-electron chi connectivity index (χ1n) is 11.4. The molecule has 1 amide bonds. The van der Waals surface area contributed by atoms with Crippen LogP contribution in [0.3, 0.4) is 0 Å². The zero-order valence-electron chi connectivity index (χ0n) is 20.0. The Morgan fingerprint density at radius 3 is 2.47 bits per heavy atom. The van der Waals surface area contributed by atoms with Gasteiger partial charge in [-0.2, -0.15) is 0 Å². The second kappa shape index (κ2) is 11.1. The van der Waals surface area contributed by atoms with Crippen molar-refractivity contribution in [1.29, 1.82) is 0 Å². The zero-order valence-corrected chi connectivity index (χ0v) is 20.8. The molecular formula is C27H26N2O6S. The summed E-state index contributed by atoms with van der Waals surface area (Å²) < 4.78 is 16.9. The SMILES string of the molecule is C=CCOc1ccc(C2C(=C(O)c3ccc(OCC)cc3)C(=O)C(=O)N2c2nccs2)cc1OCC. The second-order valence-corrected chi connectivity index (χ2v) is 8.55. The minimum atomic E-state index is -0.921. The molecule has 1 saturated heterocycles. The lowest BCUT2D eigenvalue weighted by Gasteiger charge is -2.24. The van der Waals surface area contributed by atoms with Gasteiger partial charge in [-0.25, -0.2) is 4.98 Å². The van der Waals surface area contributed by atoms with Gasteiger partial charge in [0, 0.05) is 17.1 Å². The molecule has 1 aliphatic rings. The van der Waals surface area contributed by atoms with Crippen molar-refractivity contribution in [3.05, 3.63) is 83.4 Å². The van der Waals surface area contributed by atoms with Gasteiger partial charge in [-0.3, -0.25) is 14.5 Å². The summed E-state index contributed by atoms with van der Waals surface area (Å²) in [6.07, 6.45) is 3.18. The molecular weight excluding hydrogens is 480 g/mol. The predicted octanol–water partition coefficient (Wildman–Crippen LogP) is 5.13. The van der Waals surface area contributed by atoms with Crippen LogP contribution in [0, 0.1) is 0 Å². The molecule has 1 aliphatic heterocycles. The van der Waals surface area contributed by atoms with Crippen LogP contribution in [0.4, 0.5) is 5.13 Å². The van der Waals surface area contributed by atoms with E-state index in [1.807, 2.05) is 13.8 Å². The molecule has 2 aromatic carbocycles. The molecule has 0 radical (unpaired) electrons. The number of hydrogen-bond acceptors (Lipinski definition) is 8. The molecule has 9 heteroatoms. The Morgan fingerprint density at radius 1 is 1.08 bits per heavy atom. The van der Waals surface area contributed by atoms with Gasteiger partial charge in [0.25, 0.3) is 5.78 Å². The zero-order chi connectivity index (χ0) is 25.7. The Morgan fingerprint density at radius 2 is 1.83 bits per heavy atom. The van der Waals surface area contributed by atoms with Crippen LogP contribution in [0.5, 0.6) is 17.2 Å². The van der Waals surface area contributed by atoms with Crippen molar-refractivity contribution < 1.29 is 28.9 Å². The largest absolute Gasteiger partial charge is 0.507 e. The Hall–Kier alpha value is -4.11. The Labute approximate surface area is 213 Å². The third-order valence-corrected chi connectivity index (χ3v) is 6.22. The van der Waals surface area contributed by atoms with E-state index in [1.54, 1.807) is 60.1 Å². The number of thiazole rings is 1. The minimum absolute atomic E-state index is 0.0402. The molecule has 1 atom stereocenters. The van der Waals surface area contributed by atoms with Crippen LogP contribution in [0.15, 0.2) is 72.3 Å². The van der Waals surface area contributed by atoms with Crippen LogP contribution in [0.2, 0.25) is 0 Å². The van der Waals surface area contributed by atoms with Gasteiger partial charge in [0.15, 0.2) is 16.6 Å². The van der Waals surface area contributed by atoms with Crippen molar-refractivity contribution in [3.8, 4) is 17.2 Å². The number of hydrogen-bond donors (Lipinski definition) is 1. The Balaban J connectivity index is 1.87. The Kier molecular flexibility index (Phi) is 7.70. The number of carbonyl (C=O) groups excluding carboxylic acids is 2. The standard InChI is InChI=1S/C27H26N2O6S/c1-4-14-35-20-12-9-18(16-21(20)34-6-3)23-22(24(30)17-7-10-19(11-8-17)33-5-2)25(31)26(32)29(23)27-28-13-15-36-27/h4,7-13,15-16,23,30H,1,5-6,14H2,2-3H3. The number of carbonyl (C=O) groups is 2. The molecule has 1 unspecified atom stereocenters. The molecule has 1 aromatic heterocycles. The molecule has 2 heterocycles. The first-order chi connectivity index (χ1) is 17.5. The van der Waals surface area contributed by atoms with Crippen molar-refractivity contribution in [1.82, 2.24) is 4.98 Å². The van der Waals surface area contributed by atoms with Gasteiger partial charge < -0.3 is 19.3 Å². The first kappa shape index (κ1) is 25.0. The normalized spacial score (nSPS) is 16.7. The summed E-state index contributed by atoms with van der Waals surface area (Å²) in [5.74, 6) is -0.282. The number of aromatic nitrogens is 1. The minimum Gasteiger partial charge on any atom is -0.507 e. The van der Waals surface area contributed by atoms with E-state index >= 15 is 0 Å². The molecule has 3 aromatic rings. The maximum Gasteiger partial charge on any atom is 0.301 e. The number of aliphatic hydroxyl groups excluding tert-OH is 1. The number of rotatable bonds is 10. The van der Waals surface area contributed by atoms with Crippen molar-refractivity contribution in [2.45, 2.75) is 19.9 Å². The number of anilines is 1. The maximum absolute atomic E-state index is 13.3. The fourth-order valence-electron chi connectivity index (χ4n) is 3.94. The van der Waals surface area contributed by atoms with Gasteiger partial charge in [0.1, 0.15) is 18.1 Å².